The average molecular weight is 383 g/mol. The summed E-state index contributed by atoms with van der Waals surface area (Å²) in [5.41, 5.74) is -0.562. The van der Waals surface area contributed by atoms with Crippen molar-refractivity contribution in [3.63, 3.8) is 0 Å². The van der Waals surface area contributed by atoms with Crippen LogP contribution in [-0.4, -0.2) is 49.0 Å². The van der Waals surface area contributed by atoms with Crippen LogP contribution in [0.3, 0.4) is 0 Å². The highest BCUT2D eigenvalue weighted by Gasteiger charge is 2.56. The van der Waals surface area contributed by atoms with Crippen LogP contribution in [0.4, 0.5) is 4.79 Å². The molecule has 1 saturated heterocycles. The summed E-state index contributed by atoms with van der Waals surface area (Å²) in [6, 6.07) is 0. The second-order valence-electron chi connectivity index (χ2n) is 9.65. The molecule has 1 fully saturated rings. The molecule has 1 aliphatic heterocycles. The second-order valence-corrected chi connectivity index (χ2v) is 9.65. The van der Waals surface area contributed by atoms with Gasteiger partial charge in [-0.1, -0.05) is 33.6 Å². The summed E-state index contributed by atoms with van der Waals surface area (Å²) >= 11 is 0. The number of amides is 1. The van der Waals surface area contributed by atoms with Crippen LogP contribution in [0, 0.1) is 5.92 Å². The minimum atomic E-state index is -0.281. The number of ether oxygens (including phenoxy) is 1. The molecule has 1 rings (SSSR count). The highest BCUT2D eigenvalue weighted by Crippen LogP contribution is 2.47. The quantitative estimate of drug-likeness (QED) is 0.465. The molecule has 0 N–H and O–H groups in total. The van der Waals surface area contributed by atoms with Gasteiger partial charge in [0.05, 0.1) is 17.8 Å². The summed E-state index contributed by atoms with van der Waals surface area (Å²) in [5.74, 6) is 0.531. The molecule has 1 heterocycles. The Morgan fingerprint density at radius 1 is 1.07 bits per heavy atom. The van der Waals surface area contributed by atoms with Gasteiger partial charge in [-0.3, -0.25) is 0 Å². The van der Waals surface area contributed by atoms with E-state index in [0.717, 1.165) is 25.7 Å². The summed E-state index contributed by atoms with van der Waals surface area (Å²) in [4.78, 5) is 13.6. The van der Waals surface area contributed by atoms with Crippen LogP contribution in [0.25, 0.3) is 0 Å². The first-order chi connectivity index (χ1) is 12.4. The molecular weight excluding hydrogens is 341 g/mol. The van der Waals surface area contributed by atoms with Crippen molar-refractivity contribution in [2.24, 2.45) is 5.92 Å². The third kappa shape index (κ3) is 6.67. The Morgan fingerprint density at radius 3 is 2.07 bits per heavy atom. The van der Waals surface area contributed by atoms with Gasteiger partial charge in [-0.05, 0) is 65.6 Å². The van der Waals surface area contributed by atoms with Crippen LogP contribution in [0.15, 0.2) is 0 Å². The van der Waals surface area contributed by atoms with Gasteiger partial charge in [0.15, 0.2) is 0 Å². The molecule has 0 bridgehead atoms. The molecule has 0 spiro atoms. The maximum atomic E-state index is 11.9. The van der Waals surface area contributed by atoms with Crippen molar-refractivity contribution in [1.82, 2.24) is 4.90 Å². The molecule has 0 aliphatic carbocycles. The van der Waals surface area contributed by atoms with Gasteiger partial charge in [-0.15, -0.1) is 0 Å². The van der Waals surface area contributed by atoms with Crippen molar-refractivity contribution in [2.45, 2.75) is 105 Å². The van der Waals surface area contributed by atoms with Gasteiger partial charge in [0.25, 0.3) is 0 Å². The van der Waals surface area contributed by atoms with E-state index in [9.17, 15) is 4.79 Å². The lowest BCUT2D eigenvalue weighted by molar-refractivity contribution is 0.00578. The molecule has 1 aliphatic rings. The smallest absolute Gasteiger partial charge is 0.449 e. The van der Waals surface area contributed by atoms with Gasteiger partial charge in [0.1, 0.15) is 0 Å². The van der Waals surface area contributed by atoms with Crippen molar-refractivity contribution >= 4 is 13.2 Å². The number of hydrogen-bond donors (Lipinski definition) is 0. The molecule has 0 radical (unpaired) electrons. The summed E-state index contributed by atoms with van der Waals surface area (Å²) in [5, 5.41) is -0.0278. The Kier molecular flexibility index (Phi) is 8.68. The van der Waals surface area contributed by atoms with Gasteiger partial charge in [-0.2, -0.15) is 0 Å². The molecule has 0 aromatic carbocycles. The molecule has 0 aromatic heterocycles. The lowest BCUT2D eigenvalue weighted by Gasteiger charge is -2.32. The van der Waals surface area contributed by atoms with E-state index in [0.29, 0.717) is 25.6 Å². The molecule has 1 atom stereocenters. The van der Waals surface area contributed by atoms with Crippen molar-refractivity contribution in [2.75, 3.05) is 19.7 Å². The fraction of sp³-hybridized carbons (Fsp3) is 0.952. The molecule has 0 saturated carbocycles. The Labute approximate surface area is 167 Å². The van der Waals surface area contributed by atoms with Crippen molar-refractivity contribution in [3.05, 3.63) is 0 Å². The number of rotatable bonds is 10. The summed E-state index contributed by atoms with van der Waals surface area (Å²) < 4.78 is 17.9. The van der Waals surface area contributed by atoms with Gasteiger partial charge < -0.3 is 18.9 Å². The van der Waals surface area contributed by atoms with Crippen LogP contribution < -0.4 is 0 Å². The molecule has 27 heavy (non-hydrogen) atoms. The minimum Gasteiger partial charge on any atom is -0.449 e. The van der Waals surface area contributed by atoms with E-state index in [-0.39, 0.29) is 29.7 Å². The predicted molar refractivity (Wildman–Crippen MR) is 112 cm³/mol. The van der Waals surface area contributed by atoms with Gasteiger partial charge in [-0.25, -0.2) is 4.79 Å². The van der Waals surface area contributed by atoms with Crippen LogP contribution in [0.2, 0.25) is 5.31 Å². The van der Waals surface area contributed by atoms with E-state index in [4.69, 9.17) is 14.0 Å². The Morgan fingerprint density at radius 2 is 1.59 bits per heavy atom. The van der Waals surface area contributed by atoms with E-state index < -0.39 is 0 Å². The topological polar surface area (TPSA) is 48.0 Å². The largest absolute Gasteiger partial charge is 0.463 e. The summed E-state index contributed by atoms with van der Waals surface area (Å²) in [6.07, 6.45) is 3.99. The third-order valence-electron chi connectivity index (χ3n) is 6.27. The lowest BCUT2D eigenvalue weighted by atomic mass is 9.57. The Bertz CT molecular complexity index is 459. The van der Waals surface area contributed by atoms with E-state index in [2.05, 4.69) is 48.5 Å². The standard InChI is InChI=1S/C21H42BNO4/c1-10-23(11-2)18(24)25-16-14-17(3)13-12-15-19(4,5)22-26-20(6,7)21(8,9)27-22/h17H,10-16H2,1-9H3. The molecular formula is C21H42BNO4. The number of hydrogen-bond acceptors (Lipinski definition) is 4. The van der Waals surface area contributed by atoms with Crippen molar-refractivity contribution < 1.29 is 18.8 Å². The highest BCUT2D eigenvalue weighted by molar-refractivity contribution is 6.49. The molecule has 5 nitrogen and oxygen atoms in total. The lowest BCUT2D eigenvalue weighted by Crippen LogP contribution is -2.41. The maximum Gasteiger partial charge on any atom is 0.463 e. The molecule has 6 heteroatoms. The van der Waals surface area contributed by atoms with E-state index in [1.54, 1.807) is 4.90 Å². The van der Waals surface area contributed by atoms with Crippen LogP contribution in [0.5, 0.6) is 0 Å². The zero-order chi connectivity index (χ0) is 20.9. The van der Waals surface area contributed by atoms with E-state index >= 15 is 0 Å². The summed E-state index contributed by atoms with van der Waals surface area (Å²) in [6.45, 7) is 20.9. The zero-order valence-electron chi connectivity index (χ0n) is 19.2. The Balaban J connectivity index is 2.32. The predicted octanol–water partition coefficient (Wildman–Crippen LogP) is 5.53. The molecule has 0 aromatic rings. The first-order valence-corrected chi connectivity index (χ1v) is 10.6. The molecule has 1 unspecified atom stereocenters. The van der Waals surface area contributed by atoms with E-state index in [1.807, 2.05) is 13.8 Å². The second kappa shape index (κ2) is 9.64. The van der Waals surface area contributed by atoms with Crippen LogP contribution in [0.1, 0.15) is 88.0 Å². The van der Waals surface area contributed by atoms with Crippen molar-refractivity contribution in [3.8, 4) is 0 Å². The molecule has 158 valence electrons. The normalized spacial score (nSPS) is 19.8. The first kappa shape index (κ1) is 24.3. The highest BCUT2D eigenvalue weighted by atomic mass is 16.7. The third-order valence-corrected chi connectivity index (χ3v) is 6.27. The van der Waals surface area contributed by atoms with Crippen LogP contribution in [-0.2, 0) is 14.0 Å². The van der Waals surface area contributed by atoms with Gasteiger partial charge in [0.2, 0.25) is 0 Å². The van der Waals surface area contributed by atoms with E-state index in [1.165, 1.54) is 0 Å². The fourth-order valence-electron chi connectivity index (χ4n) is 3.25. The first-order valence-electron chi connectivity index (χ1n) is 10.6. The average Bonchev–Trinajstić information content (AvgIpc) is 2.77. The maximum absolute atomic E-state index is 11.9. The number of carbonyl (C=O) groups excluding carboxylic acids is 1. The fourth-order valence-corrected chi connectivity index (χ4v) is 3.25. The van der Waals surface area contributed by atoms with Gasteiger partial charge >= 0.3 is 13.2 Å². The monoisotopic (exact) mass is 383 g/mol. The Hall–Kier alpha value is -0.745. The zero-order valence-corrected chi connectivity index (χ0v) is 19.2. The van der Waals surface area contributed by atoms with Crippen LogP contribution >= 0.6 is 0 Å². The number of nitrogens with zero attached hydrogens (tertiary/aromatic N) is 1. The summed E-state index contributed by atoms with van der Waals surface area (Å²) in [7, 11) is -0.173. The number of carbonyl (C=O) groups is 1. The molecule has 1 amide bonds. The SMILES string of the molecule is CCN(CC)C(=O)OCCC(C)CCCC(C)(C)B1OC(C)(C)C(C)(C)O1. The van der Waals surface area contributed by atoms with Gasteiger partial charge in [0, 0.05) is 13.1 Å². The van der Waals surface area contributed by atoms with Crippen molar-refractivity contribution in [1.29, 1.82) is 0 Å². The minimum absolute atomic E-state index is 0.0278.